The maximum atomic E-state index is 11.3. The van der Waals surface area contributed by atoms with Crippen molar-refractivity contribution in [3.8, 4) is 5.75 Å². The lowest BCUT2D eigenvalue weighted by Crippen LogP contribution is -2.02. The first kappa shape index (κ1) is 9.64. The number of Topliss-reactive ketones (excluding diaryl/α,β-unsaturated/α-hetero) is 1. The summed E-state index contributed by atoms with van der Waals surface area (Å²) in [6.07, 6.45) is 0.415. The van der Waals surface area contributed by atoms with Gasteiger partial charge in [0.2, 0.25) is 0 Å². The van der Waals surface area contributed by atoms with Gasteiger partial charge in [0.05, 0.1) is 5.75 Å². The van der Waals surface area contributed by atoms with Crippen molar-refractivity contribution in [1.29, 1.82) is 0 Å². The summed E-state index contributed by atoms with van der Waals surface area (Å²) in [6, 6.07) is 4.76. The number of ketones is 1. The van der Waals surface area contributed by atoms with Gasteiger partial charge in [0, 0.05) is 17.7 Å². The summed E-state index contributed by atoms with van der Waals surface area (Å²) in [5.41, 5.74) is 6.52. The van der Waals surface area contributed by atoms with Crippen molar-refractivity contribution in [3.63, 3.8) is 0 Å². The third-order valence-electron chi connectivity index (χ3n) is 1.78. The Morgan fingerprint density at radius 2 is 2.31 bits per heavy atom. The molecule has 0 fully saturated rings. The topological polar surface area (TPSA) is 52.3 Å². The van der Waals surface area contributed by atoms with Gasteiger partial charge >= 0.3 is 8.05 Å². The zero-order valence-corrected chi connectivity index (χ0v) is 7.41. The molecule has 2 N–H and O–H groups in total. The van der Waals surface area contributed by atoms with Crippen molar-refractivity contribution in [3.05, 3.63) is 23.8 Å². The summed E-state index contributed by atoms with van der Waals surface area (Å²) in [5.74, 6) is 0.419. The van der Waals surface area contributed by atoms with E-state index in [-0.39, 0.29) is 5.78 Å². The second kappa shape index (κ2) is 3.98. The third-order valence-corrected chi connectivity index (χ3v) is 1.78. The Morgan fingerprint density at radius 3 is 2.85 bits per heavy atom. The fourth-order valence-corrected chi connectivity index (χ4v) is 1.04. The molecule has 2 radical (unpaired) electrons. The molecule has 4 heteroatoms. The number of rotatable bonds is 3. The van der Waals surface area contributed by atoms with E-state index < -0.39 is 0 Å². The largest absolute Gasteiger partial charge is 0.568 e. The Morgan fingerprint density at radius 1 is 1.62 bits per heavy atom. The molecule has 0 bridgehead atoms. The lowest BCUT2D eigenvalue weighted by Gasteiger charge is -2.06. The van der Waals surface area contributed by atoms with Crippen LogP contribution in [0.4, 0.5) is 5.69 Å². The fraction of sp³-hybridized carbons (Fsp3) is 0.222. The molecule has 0 unspecified atom stereocenters. The molecule has 0 heterocycles. The molecule has 3 nitrogen and oxygen atoms in total. The summed E-state index contributed by atoms with van der Waals surface area (Å²) < 4.78 is 4.50. The van der Waals surface area contributed by atoms with Crippen molar-refractivity contribution in [2.75, 3.05) is 5.73 Å². The van der Waals surface area contributed by atoms with E-state index in [2.05, 4.69) is 4.65 Å². The minimum Gasteiger partial charge on any atom is -0.568 e. The molecule has 0 atom stereocenters. The highest BCUT2D eigenvalue weighted by atomic mass is 16.4. The Bertz CT molecular complexity index is 325. The van der Waals surface area contributed by atoms with Crippen LogP contribution in [0, 0.1) is 0 Å². The number of anilines is 1. The highest BCUT2D eigenvalue weighted by molar-refractivity contribution is 6.02. The Kier molecular flexibility index (Phi) is 2.95. The van der Waals surface area contributed by atoms with Gasteiger partial charge in [-0.05, 0) is 18.2 Å². The number of carbonyl (C=O) groups excluding carboxylic acids is 1. The van der Waals surface area contributed by atoms with Gasteiger partial charge in [-0.15, -0.1) is 0 Å². The first-order valence-electron chi connectivity index (χ1n) is 3.98. The molecule has 0 aliphatic heterocycles. The van der Waals surface area contributed by atoms with Gasteiger partial charge in [0.15, 0.2) is 5.78 Å². The normalized spacial score (nSPS) is 9.62. The van der Waals surface area contributed by atoms with Crippen LogP contribution in [0.1, 0.15) is 23.7 Å². The fourth-order valence-electron chi connectivity index (χ4n) is 1.04. The van der Waals surface area contributed by atoms with Gasteiger partial charge in [0.1, 0.15) is 0 Å². The zero-order valence-electron chi connectivity index (χ0n) is 7.41. The van der Waals surface area contributed by atoms with E-state index in [0.717, 1.165) is 0 Å². The van der Waals surface area contributed by atoms with Crippen LogP contribution in [-0.2, 0) is 0 Å². The smallest absolute Gasteiger partial charge is 0.374 e. The van der Waals surface area contributed by atoms with E-state index >= 15 is 0 Å². The van der Waals surface area contributed by atoms with Crippen LogP contribution < -0.4 is 10.4 Å². The van der Waals surface area contributed by atoms with Crippen molar-refractivity contribution in [2.24, 2.45) is 0 Å². The summed E-state index contributed by atoms with van der Waals surface area (Å²) >= 11 is 0. The first-order valence-corrected chi connectivity index (χ1v) is 3.98. The number of nitrogen functional groups attached to an aromatic ring is 1. The standard InChI is InChI=1S/C9H10BNO2/c1-2-9(12)7-5-6(13-10)3-4-8(7)11/h3-5H,2,11H2,1H3. The van der Waals surface area contributed by atoms with Crippen LogP contribution in [0.15, 0.2) is 18.2 Å². The lowest BCUT2D eigenvalue weighted by molar-refractivity contribution is 0.0989. The number of hydrogen-bond acceptors (Lipinski definition) is 3. The Balaban J connectivity index is 3.11. The van der Waals surface area contributed by atoms with Crippen molar-refractivity contribution >= 4 is 19.5 Å². The molecule has 0 aromatic heterocycles. The maximum absolute atomic E-state index is 11.3. The number of hydrogen-bond donors (Lipinski definition) is 1. The van der Waals surface area contributed by atoms with Gasteiger partial charge < -0.3 is 10.4 Å². The van der Waals surface area contributed by atoms with Gasteiger partial charge in [-0.3, -0.25) is 4.79 Å². The monoisotopic (exact) mass is 175 g/mol. The molecule has 0 aliphatic rings. The van der Waals surface area contributed by atoms with Crippen molar-refractivity contribution in [1.82, 2.24) is 0 Å². The van der Waals surface area contributed by atoms with Gasteiger partial charge in [0.25, 0.3) is 0 Å². The van der Waals surface area contributed by atoms with E-state index in [1.807, 2.05) is 0 Å². The van der Waals surface area contributed by atoms with E-state index in [4.69, 9.17) is 13.8 Å². The van der Waals surface area contributed by atoms with Gasteiger partial charge in [-0.2, -0.15) is 0 Å². The molecule has 0 saturated carbocycles. The molecule has 13 heavy (non-hydrogen) atoms. The third kappa shape index (κ3) is 2.02. The van der Waals surface area contributed by atoms with Crippen LogP contribution in [-0.4, -0.2) is 13.8 Å². The number of carbonyl (C=O) groups is 1. The SMILES string of the molecule is [B]Oc1ccc(N)c(C(=O)CC)c1. The number of nitrogens with two attached hydrogens (primary N) is 1. The summed E-state index contributed by atoms with van der Waals surface area (Å²) in [5, 5.41) is 0. The Hall–Kier alpha value is -1.45. The van der Waals surface area contributed by atoms with Crippen LogP contribution in [0.25, 0.3) is 0 Å². The molecule has 0 spiro atoms. The molecular formula is C9H10BNO2. The summed E-state index contributed by atoms with van der Waals surface area (Å²) in [4.78, 5) is 11.3. The van der Waals surface area contributed by atoms with Crippen LogP contribution in [0.2, 0.25) is 0 Å². The molecule has 1 aromatic rings. The summed E-state index contributed by atoms with van der Waals surface area (Å²) in [7, 11) is 4.96. The first-order chi connectivity index (χ1) is 6.19. The highest BCUT2D eigenvalue weighted by Crippen LogP contribution is 2.20. The lowest BCUT2D eigenvalue weighted by atomic mass is 10.1. The van der Waals surface area contributed by atoms with E-state index in [1.165, 1.54) is 0 Å². The predicted octanol–water partition coefficient (Wildman–Crippen LogP) is 1.32. The molecule has 1 aromatic carbocycles. The molecule has 0 aliphatic carbocycles. The average Bonchev–Trinajstić information content (AvgIpc) is 2.17. The van der Waals surface area contributed by atoms with Crippen LogP contribution >= 0.6 is 0 Å². The molecule has 1 rings (SSSR count). The maximum Gasteiger partial charge on any atom is 0.374 e. The van der Waals surface area contributed by atoms with Crippen LogP contribution in [0.3, 0.4) is 0 Å². The molecule has 66 valence electrons. The van der Waals surface area contributed by atoms with E-state index in [9.17, 15) is 4.79 Å². The van der Waals surface area contributed by atoms with Crippen LogP contribution in [0.5, 0.6) is 5.75 Å². The van der Waals surface area contributed by atoms with Gasteiger partial charge in [-0.25, -0.2) is 0 Å². The van der Waals surface area contributed by atoms with Crippen molar-refractivity contribution < 1.29 is 9.45 Å². The second-order valence-corrected chi connectivity index (χ2v) is 2.64. The quantitative estimate of drug-likeness (QED) is 0.428. The predicted molar refractivity (Wildman–Crippen MR) is 51.9 cm³/mol. The zero-order chi connectivity index (χ0) is 9.84. The highest BCUT2D eigenvalue weighted by Gasteiger charge is 2.07. The second-order valence-electron chi connectivity index (χ2n) is 2.64. The number of benzene rings is 1. The minimum absolute atomic E-state index is 0.0172. The minimum atomic E-state index is -0.0172. The molecule has 0 saturated heterocycles. The Labute approximate surface area is 78.3 Å². The molecular weight excluding hydrogens is 165 g/mol. The van der Waals surface area contributed by atoms with Gasteiger partial charge in [-0.1, -0.05) is 6.92 Å². The van der Waals surface area contributed by atoms with E-state index in [0.29, 0.717) is 23.4 Å². The average molecular weight is 175 g/mol. The van der Waals surface area contributed by atoms with E-state index in [1.54, 1.807) is 25.1 Å². The summed E-state index contributed by atoms with van der Waals surface area (Å²) in [6.45, 7) is 1.78. The molecule has 0 amide bonds. The van der Waals surface area contributed by atoms with Crippen molar-refractivity contribution in [2.45, 2.75) is 13.3 Å².